The number of para-hydroxylation sites is 1. The van der Waals surface area contributed by atoms with E-state index in [2.05, 4.69) is 11.4 Å². The number of aryl methyl sites for hydroxylation is 1. The van der Waals surface area contributed by atoms with Crippen molar-refractivity contribution in [2.24, 2.45) is 5.41 Å². The summed E-state index contributed by atoms with van der Waals surface area (Å²) < 4.78 is 5.47. The number of benzene rings is 2. The Kier molecular flexibility index (Phi) is 3.12. The van der Waals surface area contributed by atoms with E-state index in [0.717, 1.165) is 11.3 Å². The number of hydrogen-bond acceptors (Lipinski definition) is 5. The molecule has 6 nitrogen and oxygen atoms in total. The van der Waals surface area contributed by atoms with Gasteiger partial charge in [0.15, 0.2) is 5.54 Å². The summed E-state index contributed by atoms with van der Waals surface area (Å²) in [4.78, 5) is 28.2. The van der Waals surface area contributed by atoms with Crippen LogP contribution in [0.4, 0.5) is 5.69 Å². The number of esters is 1. The maximum absolute atomic E-state index is 13.6. The van der Waals surface area contributed by atoms with Crippen LogP contribution in [0.1, 0.15) is 22.6 Å². The van der Waals surface area contributed by atoms with Crippen molar-refractivity contribution < 1.29 is 14.3 Å². The molecular formula is C21H15N3O3S. The molecule has 1 spiro atoms. The van der Waals surface area contributed by atoms with E-state index in [-0.39, 0.29) is 10.9 Å². The van der Waals surface area contributed by atoms with Crippen LogP contribution < -0.4 is 15.0 Å². The molecule has 2 aromatic rings. The summed E-state index contributed by atoms with van der Waals surface area (Å²) in [6.07, 6.45) is 0. The van der Waals surface area contributed by atoms with E-state index >= 15 is 0 Å². The quantitative estimate of drug-likeness (QED) is 0.423. The zero-order valence-corrected chi connectivity index (χ0v) is 16.0. The molecular weight excluding hydrogens is 374 g/mol. The van der Waals surface area contributed by atoms with Crippen LogP contribution in [0.2, 0.25) is 0 Å². The molecule has 0 bridgehead atoms. The van der Waals surface area contributed by atoms with Crippen molar-refractivity contribution in [3.8, 4) is 11.8 Å². The number of rotatable bonds is 0. The molecule has 1 amide bonds. The lowest BCUT2D eigenvalue weighted by molar-refractivity contribution is -0.142. The molecule has 5 rings (SSSR count). The summed E-state index contributed by atoms with van der Waals surface area (Å²) in [5, 5.41) is 13.2. The monoisotopic (exact) mass is 389 g/mol. The van der Waals surface area contributed by atoms with Crippen LogP contribution in [0.15, 0.2) is 42.5 Å². The van der Waals surface area contributed by atoms with E-state index in [4.69, 9.17) is 17.0 Å². The highest BCUT2D eigenvalue weighted by Gasteiger charge is 2.74. The van der Waals surface area contributed by atoms with Gasteiger partial charge in [-0.15, -0.1) is 0 Å². The predicted molar refractivity (Wildman–Crippen MR) is 105 cm³/mol. The fourth-order valence-electron chi connectivity index (χ4n) is 4.78. The first-order valence-electron chi connectivity index (χ1n) is 8.82. The molecule has 0 aromatic heterocycles. The number of nitrogens with one attached hydrogen (secondary N) is 1. The maximum Gasteiger partial charge on any atom is 0.339 e. The fourth-order valence-corrected chi connectivity index (χ4v) is 5.19. The van der Waals surface area contributed by atoms with E-state index in [0.29, 0.717) is 16.9 Å². The summed E-state index contributed by atoms with van der Waals surface area (Å²) in [6.45, 7) is 1.94. The number of carbonyl (C=O) groups excluding carboxylic acids is 2. The van der Waals surface area contributed by atoms with Gasteiger partial charge < -0.3 is 15.0 Å². The number of likely N-dealkylation sites (N-methyl/N-ethyl adjacent to an activating group) is 1. The van der Waals surface area contributed by atoms with Gasteiger partial charge >= 0.3 is 5.97 Å². The van der Waals surface area contributed by atoms with Crippen molar-refractivity contribution in [1.82, 2.24) is 5.32 Å². The van der Waals surface area contributed by atoms with Crippen molar-refractivity contribution >= 4 is 34.8 Å². The Bertz CT molecular complexity index is 1150. The van der Waals surface area contributed by atoms with Gasteiger partial charge in [-0.3, -0.25) is 4.79 Å². The van der Waals surface area contributed by atoms with Crippen molar-refractivity contribution in [3.63, 3.8) is 0 Å². The Labute approximate surface area is 166 Å². The third-order valence-corrected chi connectivity index (χ3v) is 6.47. The second-order valence-corrected chi connectivity index (χ2v) is 7.84. The molecule has 2 aromatic carbocycles. The van der Waals surface area contributed by atoms with Crippen molar-refractivity contribution in [1.29, 1.82) is 5.26 Å². The number of ether oxygens (including phenoxy) is 1. The van der Waals surface area contributed by atoms with Crippen LogP contribution in [-0.4, -0.2) is 23.9 Å². The number of nitriles is 1. The minimum Gasteiger partial charge on any atom is -0.425 e. The topological polar surface area (TPSA) is 82.4 Å². The Morgan fingerprint density at radius 3 is 2.75 bits per heavy atom. The maximum atomic E-state index is 13.6. The van der Waals surface area contributed by atoms with E-state index in [9.17, 15) is 14.9 Å². The summed E-state index contributed by atoms with van der Waals surface area (Å²) in [7, 11) is 1.69. The molecule has 0 aliphatic carbocycles. The standard InChI is InChI=1S/C21H15N3O3S/c1-11-7-8-14-13(9-11)21(18(25)24(14)2)16-12-5-3-4-6-15(12)27-19(26)20(16,10-22)17(28)23-21/h3-9,16H,1-2H3,(H,23,28)/t16-,20+,21+/m1/s1. The lowest BCUT2D eigenvalue weighted by atomic mass is 9.64. The highest BCUT2D eigenvalue weighted by Crippen LogP contribution is 2.62. The van der Waals surface area contributed by atoms with Gasteiger partial charge in [0.2, 0.25) is 5.41 Å². The molecule has 3 heterocycles. The Morgan fingerprint density at radius 1 is 1.25 bits per heavy atom. The number of fused-ring (bicyclic) bond motifs is 6. The molecule has 1 fully saturated rings. The van der Waals surface area contributed by atoms with Crippen molar-refractivity contribution in [3.05, 3.63) is 59.2 Å². The van der Waals surface area contributed by atoms with Gasteiger partial charge in [-0.2, -0.15) is 5.26 Å². The first kappa shape index (κ1) is 16.9. The summed E-state index contributed by atoms with van der Waals surface area (Å²) in [5.41, 5.74) is -0.0588. The molecule has 1 saturated heterocycles. The zero-order valence-electron chi connectivity index (χ0n) is 15.1. The lowest BCUT2D eigenvalue weighted by Gasteiger charge is -2.37. The summed E-state index contributed by atoms with van der Waals surface area (Å²) in [5.74, 6) is -1.47. The highest BCUT2D eigenvalue weighted by molar-refractivity contribution is 7.80. The van der Waals surface area contributed by atoms with Crippen molar-refractivity contribution in [2.45, 2.75) is 18.4 Å². The fraction of sp³-hybridized carbons (Fsp3) is 0.238. The van der Waals surface area contributed by atoms with Gasteiger partial charge in [-0.05, 0) is 19.1 Å². The molecule has 138 valence electrons. The number of thiocarbonyl (C=S) groups is 1. The molecule has 0 unspecified atom stereocenters. The molecule has 1 N–H and O–H groups in total. The molecule has 0 radical (unpaired) electrons. The van der Waals surface area contributed by atoms with Crippen LogP contribution in [0.3, 0.4) is 0 Å². The summed E-state index contributed by atoms with van der Waals surface area (Å²) in [6, 6.07) is 14.8. The minimum atomic E-state index is -1.76. The average Bonchev–Trinajstić information content (AvgIpc) is 3.08. The molecule has 3 atom stereocenters. The third kappa shape index (κ3) is 1.65. The lowest BCUT2D eigenvalue weighted by Crippen LogP contribution is -2.52. The van der Waals surface area contributed by atoms with Gasteiger partial charge in [0, 0.05) is 23.9 Å². The highest BCUT2D eigenvalue weighted by atomic mass is 32.1. The van der Waals surface area contributed by atoms with Gasteiger partial charge in [0.05, 0.1) is 12.0 Å². The van der Waals surface area contributed by atoms with Crippen molar-refractivity contribution in [2.75, 3.05) is 11.9 Å². The number of anilines is 1. The van der Waals surface area contributed by atoms with Gasteiger partial charge in [0.25, 0.3) is 5.91 Å². The predicted octanol–water partition coefficient (Wildman–Crippen LogP) is 2.31. The Hall–Kier alpha value is -3.24. The van der Waals surface area contributed by atoms with E-state index in [1.54, 1.807) is 36.2 Å². The second-order valence-electron chi connectivity index (χ2n) is 7.43. The number of hydrogen-bond donors (Lipinski definition) is 1. The van der Waals surface area contributed by atoms with E-state index < -0.39 is 22.8 Å². The van der Waals surface area contributed by atoms with Gasteiger partial charge in [-0.25, -0.2) is 4.79 Å². The van der Waals surface area contributed by atoms with E-state index in [1.807, 2.05) is 25.1 Å². The van der Waals surface area contributed by atoms with Crippen LogP contribution in [0.5, 0.6) is 5.75 Å². The van der Waals surface area contributed by atoms with Crippen LogP contribution in [0, 0.1) is 23.7 Å². The van der Waals surface area contributed by atoms with Crippen LogP contribution >= 0.6 is 12.2 Å². The number of amides is 1. The van der Waals surface area contributed by atoms with Crippen LogP contribution in [-0.2, 0) is 15.1 Å². The minimum absolute atomic E-state index is 0.0237. The Morgan fingerprint density at radius 2 is 2.00 bits per heavy atom. The summed E-state index contributed by atoms with van der Waals surface area (Å²) >= 11 is 5.49. The Balaban J connectivity index is 1.91. The van der Waals surface area contributed by atoms with Crippen LogP contribution in [0.25, 0.3) is 0 Å². The average molecular weight is 389 g/mol. The molecule has 28 heavy (non-hydrogen) atoms. The zero-order chi connectivity index (χ0) is 19.8. The smallest absolute Gasteiger partial charge is 0.339 e. The number of carbonyl (C=O) groups is 2. The normalized spacial score (nSPS) is 29.7. The van der Waals surface area contributed by atoms with E-state index in [1.165, 1.54) is 0 Å². The van der Waals surface area contributed by atoms with Gasteiger partial charge in [-0.1, -0.05) is 48.1 Å². The first-order chi connectivity index (χ1) is 13.4. The number of nitrogens with zero attached hydrogens (tertiary/aromatic N) is 2. The second kappa shape index (κ2) is 5.18. The molecule has 3 aliphatic rings. The molecule has 3 aliphatic heterocycles. The van der Waals surface area contributed by atoms with Gasteiger partial charge in [0.1, 0.15) is 10.7 Å². The third-order valence-electron chi connectivity index (χ3n) is 6.05. The largest absolute Gasteiger partial charge is 0.425 e. The SMILES string of the molecule is Cc1ccc2c(c1)[C@@]1(NC(=S)[C@@]3(C#N)C(=O)Oc4ccccc4[C@H]31)C(=O)N2C. The molecule has 0 saturated carbocycles. The first-order valence-corrected chi connectivity index (χ1v) is 9.23. The molecule has 7 heteroatoms.